The molecule has 59 heavy (non-hydrogen) atoms. The number of nitrogens with zero attached hydrogens (tertiary/aromatic N) is 4. The number of methoxy groups -OCH3 is 1. The highest BCUT2D eigenvalue weighted by atomic mass is 16.6. The second-order valence-electron chi connectivity index (χ2n) is 17.4. The van der Waals surface area contributed by atoms with Gasteiger partial charge in [0, 0.05) is 43.7 Å². The number of imidazole rings is 2. The predicted molar refractivity (Wildman–Crippen MR) is 220 cm³/mol. The molecule has 15 heteroatoms. The van der Waals surface area contributed by atoms with Crippen LogP contribution in [-0.4, -0.2) is 105 Å². The van der Waals surface area contributed by atoms with Crippen LogP contribution >= 0.6 is 0 Å². The lowest BCUT2D eigenvalue weighted by Gasteiger charge is -2.31. The second-order valence-corrected chi connectivity index (χ2v) is 17.4. The molecule has 0 radical (unpaired) electrons. The van der Waals surface area contributed by atoms with Gasteiger partial charge in [-0.25, -0.2) is 19.6 Å². The van der Waals surface area contributed by atoms with E-state index in [1.807, 2.05) is 49.9 Å². The maximum absolute atomic E-state index is 13.9. The first-order chi connectivity index (χ1) is 28.5. The van der Waals surface area contributed by atoms with Crippen molar-refractivity contribution in [2.45, 2.75) is 134 Å². The van der Waals surface area contributed by atoms with Gasteiger partial charge in [-0.15, -0.1) is 0 Å². The van der Waals surface area contributed by atoms with Crippen molar-refractivity contribution < 1.29 is 33.4 Å². The van der Waals surface area contributed by atoms with E-state index in [1.165, 1.54) is 12.7 Å². The normalized spacial score (nSPS) is 23.6. The summed E-state index contributed by atoms with van der Waals surface area (Å²) >= 11 is 0. The molecule has 5 heterocycles. The number of benzene rings is 1. The maximum atomic E-state index is 13.9. The zero-order chi connectivity index (χ0) is 41.6. The van der Waals surface area contributed by atoms with E-state index in [2.05, 4.69) is 44.9 Å². The van der Waals surface area contributed by atoms with Crippen LogP contribution in [0.15, 0.2) is 36.7 Å². The molecule has 4 N–H and O–H groups in total. The summed E-state index contributed by atoms with van der Waals surface area (Å²) in [6, 6.07) is 7.05. The van der Waals surface area contributed by atoms with Crippen LogP contribution in [0, 0.1) is 11.8 Å². The second kappa shape index (κ2) is 19.0. The van der Waals surface area contributed by atoms with Crippen molar-refractivity contribution in [2.75, 3.05) is 33.4 Å². The Morgan fingerprint density at radius 1 is 0.712 bits per heavy atom. The number of rotatable bonds is 12. The number of hydrogen-bond donors (Lipinski definition) is 4. The van der Waals surface area contributed by atoms with E-state index in [-0.39, 0.29) is 41.8 Å². The van der Waals surface area contributed by atoms with E-state index >= 15 is 0 Å². The van der Waals surface area contributed by atoms with Crippen molar-refractivity contribution in [1.82, 2.24) is 40.4 Å². The fourth-order valence-electron chi connectivity index (χ4n) is 9.36. The summed E-state index contributed by atoms with van der Waals surface area (Å²) in [5.74, 6) is 2.00. The molecule has 3 saturated heterocycles. The third-order valence-electron chi connectivity index (χ3n) is 12.8. The Labute approximate surface area is 347 Å². The Morgan fingerprint density at radius 3 is 1.83 bits per heavy atom. The van der Waals surface area contributed by atoms with Crippen molar-refractivity contribution in [3.05, 3.63) is 59.6 Å². The number of amides is 4. The minimum absolute atomic E-state index is 0.0936. The Kier molecular flexibility index (Phi) is 13.6. The SMILES string of the molecule is COC(=O)N[C@H](C(=O)N1CCC[C@H]1c1ncc(-c2ccc([C@H]3CC[C@H](c4cnc([C@@H]5CCCN5C(=O)[C@@H](NC(=O)OC5CCOCC5)C(C)C)[nH]4)CC3)cc2)[nH]1)C(C)C. The molecule has 4 atom stereocenters. The van der Waals surface area contributed by atoms with Gasteiger partial charge in [-0.05, 0) is 80.2 Å². The van der Waals surface area contributed by atoms with E-state index in [0.29, 0.717) is 51.0 Å². The summed E-state index contributed by atoms with van der Waals surface area (Å²) in [4.78, 5) is 72.6. The number of likely N-dealkylation sites (tertiary alicyclic amines) is 2. The number of ether oxygens (including phenoxy) is 3. The summed E-state index contributed by atoms with van der Waals surface area (Å²) in [5, 5.41) is 5.58. The average Bonchev–Trinajstić information content (AvgIpc) is 4.09. The lowest BCUT2D eigenvalue weighted by Crippen LogP contribution is -2.51. The standard InChI is InChI=1S/C44H62N8O7/c1-26(2)37(49-43(55)57-5)41(53)51-20-6-8-35(51)39-45-24-33(47-39)30-14-10-28(11-15-30)29-12-16-31(17-13-29)34-25-46-40(48-34)36-9-7-21-52(36)42(54)38(27(3)4)50-44(56)59-32-18-22-58-23-19-32/h10-11,14-15,24-27,29,31-32,35-38H,6-9,12-13,16-23H2,1-5H3,(H,45,47)(H,46,48)(H,49,55)(H,50,56)/t29-,31-,35-,36-,37-,38-/m0/s1. The molecular weight excluding hydrogens is 753 g/mol. The number of hydrogen-bond acceptors (Lipinski definition) is 9. The van der Waals surface area contributed by atoms with Crippen molar-refractivity contribution in [3.8, 4) is 11.3 Å². The molecule has 2 aromatic heterocycles. The van der Waals surface area contributed by atoms with Crippen LogP contribution in [0.2, 0.25) is 0 Å². The molecule has 320 valence electrons. The van der Waals surface area contributed by atoms with Crippen molar-refractivity contribution >= 4 is 24.0 Å². The lowest BCUT2D eigenvalue weighted by atomic mass is 9.77. The molecular formula is C44H62N8O7. The zero-order valence-electron chi connectivity index (χ0n) is 35.2. The van der Waals surface area contributed by atoms with Crippen molar-refractivity contribution in [3.63, 3.8) is 0 Å². The largest absolute Gasteiger partial charge is 0.453 e. The molecule has 15 nitrogen and oxygen atoms in total. The van der Waals surface area contributed by atoms with E-state index in [1.54, 1.807) is 0 Å². The molecule has 4 fully saturated rings. The molecule has 1 aromatic carbocycles. The number of nitrogens with one attached hydrogen (secondary N) is 4. The fraction of sp³-hybridized carbons (Fsp3) is 0.636. The lowest BCUT2D eigenvalue weighted by molar-refractivity contribution is -0.136. The van der Waals surface area contributed by atoms with Gasteiger partial charge >= 0.3 is 12.2 Å². The van der Waals surface area contributed by atoms with Crippen LogP contribution in [-0.2, 0) is 23.8 Å². The molecule has 4 amide bonds. The minimum atomic E-state index is -0.680. The summed E-state index contributed by atoms with van der Waals surface area (Å²) < 4.78 is 15.8. The molecule has 1 saturated carbocycles. The smallest absolute Gasteiger partial charge is 0.408 e. The first-order valence-electron chi connectivity index (χ1n) is 21.7. The molecule has 4 aliphatic rings. The third kappa shape index (κ3) is 9.77. The summed E-state index contributed by atoms with van der Waals surface area (Å²) in [6.45, 7) is 10.1. The van der Waals surface area contributed by atoms with Gasteiger partial charge in [0.25, 0.3) is 0 Å². The van der Waals surface area contributed by atoms with Gasteiger partial charge in [0.05, 0.1) is 44.3 Å². The van der Waals surface area contributed by atoms with Gasteiger partial charge in [-0.2, -0.15) is 0 Å². The van der Waals surface area contributed by atoms with Crippen LogP contribution in [0.3, 0.4) is 0 Å². The third-order valence-corrected chi connectivity index (χ3v) is 12.8. The Morgan fingerprint density at radius 2 is 1.25 bits per heavy atom. The monoisotopic (exact) mass is 814 g/mol. The summed E-state index contributed by atoms with van der Waals surface area (Å²) in [7, 11) is 1.30. The van der Waals surface area contributed by atoms with Gasteiger partial charge < -0.3 is 44.6 Å². The van der Waals surface area contributed by atoms with Gasteiger partial charge in [0.15, 0.2) is 0 Å². The molecule has 7 rings (SSSR count). The highest BCUT2D eigenvalue weighted by Gasteiger charge is 2.39. The van der Waals surface area contributed by atoms with Crippen molar-refractivity contribution in [1.29, 1.82) is 0 Å². The molecule has 0 spiro atoms. The van der Waals surface area contributed by atoms with Crippen LogP contribution in [0.25, 0.3) is 11.3 Å². The van der Waals surface area contributed by atoms with Crippen LogP contribution < -0.4 is 10.6 Å². The quantitative estimate of drug-likeness (QED) is 0.151. The topological polar surface area (TPSA) is 184 Å². The average molecular weight is 815 g/mol. The predicted octanol–water partition coefficient (Wildman–Crippen LogP) is 6.88. The Hall–Kier alpha value is -4.92. The number of alkyl carbamates (subject to hydrolysis) is 2. The van der Waals surface area contributed by atoms with Gasteiger partial charge in [0.1, 0.15) is 29.8 Å². The van der Waals surface area contributed by atoms with Gasteiger partial charge in [-0.3, -0.25) is 9.59 Å². The molecule has 3 aromatic rings. The number of aromatic amines is 2. The Balaban J connectivity index is 0.922. The number of aromatic nitrogens is 4. The molecule has 0 unspecified atom stereocenters. The zero-order valence-corrected chi connectivity index (χ0v) is 35.2. The molecule has 0 bridgehead atoms. The van der Waals surface area contributed by atoms with Crippen LogP contribution in [0.1, 0.15) is 139 Å². The van der Waals surface area contributed by atoms with E-state index < -0.39 is 24.3 Å². The number of carbonyl (C=O) groups is 4. The van der Waals surface area contributed by atoms with Gasteiger partial charge in [0.2, 0.25) is 11.8 Å². The Bertz CT molecular complexity index is 1900. The van der Waals surface area contributed by atoms with E-state index in [4.69, 9.17) is 24.2 Å². The maximum Gasteiger partial charge on any atom is 0.408 e. The van der Waals surface area contributed by atoms with Crippen molar-refractivity contribution in [2.24, 2.45) is 11.8 Å². The fourth-order valence-corrected chi connectivity index (χ4v) is 9.36. The highest BCUT2D eigenvalue weighted by Crippen LogP contribution is 2.41. The van der Waals surface area contributed by atoms with Gasteiger partial charge in [-0.1, -0.05) is 52.0 Å². The first kappa shape index (κ1) is 42.2. The summed E-state index contributed by atoms with van der Waals surface area (Å²) in [5.41, 5.74) is 4.40. The number of H-pyrrole nitrogens is 2. The molecule has 3 aliphatic heterocycles. The minimum Gasteiger partial charge on any atom is -0.453 e. The van der Waals surface area contributed by atoms with Crippen LogP contribution in [0.4, 0.5) is 9.59 Å². The first-order valence-corrected chi connectivity index (χ1v) is 21.7. The van der Waals surface area contributed by atoms with E-state index in [9.17, 15) is 19.2 Å². The highest BCUT2D eigenvalue weighted by molar-refractivity contribution is 5.87. The van der Waals surface area contributed by atoms with E-state index in [0.717, 1.165) is 80.0 Å². The number of carbonyl (C=O) groups excluding carboxylic acids is 4. The van der Waals surface area contributed by atoms with Crippen LogP contribution in [0.5, 0.6) is 0 Å². The summed E-state index contributed by atoms with van der Waals surface area (Å²) in [6.07, 6.45) is 11.4. The molecule has 1 aliphatic carbocycles.